The Balaban J connectivity index is 2.23. The van der Waals surface area contributed by atoms with Crippen molar-refractivity contribution in [3.8, 4) is 0 Å². The van der Waals surface area contributed by atoms with Crippen LogP contribution in [0.2, 0.25) is 10.0 Å². The van der Waals surface area contributed by atoms with Crippen LogP contribution in [0.3, 0.4) is 0 Å². The van der Waals surface area contributed by atoms with Crippen LogP contribution < -0.4 is 5.32 Å². The molecule has 1 aromatic carbocycles. The minimum atomic E-state index is 0.577. The number of rotatable bonds is 4. The molecule has 0 amide bonds. The van der Waals surface area contributed by atoms with Gasteiger partial charge in [0.2, 0.25) is 0 Å². The van der Waals surface area contributed by atoms with Crippen LogP contribution in [0.25, 0.3) is 0 Å². The van der Waals surface area contributed by atoms with E-state index in [0.29, 0.717) is 16.6 Å². The SMILES string of the molecule is CNCc1cn(Cc2cccc(Cl)c2Cl)nc1C. The number of nitrogens with one attached hydrogen (secondary N) is 1. The first kappa shape index (κ1) is 13.4. The maximum atomic E-state index is 6.17. The third kappa shape index (κ3) is 2.86. The lowest BCUT2D eigenvalue weighted by molar-refractivity contribution is 0.679. The van der Waals surface area contributed by atoms with E-state index in [1.54, 1.807) is 6.07 Å². The van der Waals surface area contributed by atoms with E-state index in [2.05, 4.69) is 10.4 Å². The summed E-state index contributed by atoms with van der Waals surface area (Å²) < 4.78 is 1.89. The van der Waals surface area contributed by atoms with Gasteiger partial charge in [-0.15, -0.1) is 0 Å². The van der Waals surface area contributed by atoms with Crippen molar-refractivity contribution in [1.29, 1.82) is 0 Å². The highest BCUT2D eigenvalue weighted by Crippen LogP contribution is 2.26. The van der Waals surface area contributed by atoms with E-state index in [-0.39, 0.29) is 0 Å². The van der Waals surface area contributed by atoms with E-state index >= 15 is 0 Å². The standard InChI is InChI=1S/C13H15Cl2N3/c1-9-11(6-16-2)8-18(17-9)7-10-4-3-5-12(14)13(10)15/h3-5,8,16H,6-7H2,1-2H3. The lowest BCUT2D eigenvalue weighted by Gasteiger charge is -2.05. The molecule has 96 valence electrons. The van der Waals surface area contributed by atoms with Crippen LogP contribution in [0.15, 0.2) is 24.4 Å². The average molecular weight is 284 g/mol. The number of aromatic nitrogens is 2. The summed E-state index contributed by atoms with van der Waals surface area (Å²) in [5, 5.41) is 8.77. The molecule has 0 saturated heterocycles. The molecule has 1 N–H and O–H groups in total. The number of hydrogen-bond acceptors (Lipinski definition) is 2. The maximum Gasteiger partial charge on any atom is 0.0674 e. The van der Waals surface area contributed by atoms with E-state index in [1.807, 2.05) is 37.0 Å². The topological polar surface area (TPSA) is 29.9 Å². The van der Waals surface area contributed by atoms with Gasteiger partial charge in [-0.25, -0.2) is 0 Å². The molecule has 18 heavy (non-hydrogen) atoms. The molecule has 0 fully saturated rings. The lowest BCUT2D eigenvalue weighted by atomic mass is 10.2. The molecule has 2 rings (SSSR count). The Labute approximate surface area is 117 Å². The van der Waals surface area contributed by atoms with Crippen LogP contribution in [0.5, 0.6) is 0 Å². The van der Waals surface area contributed by atoms with Crippen LogP contribution in [-0.2, 0) is 13.1 Å². The van der Waals surface area contributed by atoms with Gasteiger partial charge < -0.3 is 5.32 Å². The monoisotopic (exact) mass is 283 g/mol. The van der Waals surface area contributed by atoms with E-state index in [4.69, 9.17) is 23.2 Å². The third-order valence-electron chi connectivity index (χ3n) is 2.78. The van der Waals surface area contributed by atoms with Crippen molar-refractivity contribution < 1.29 is 0 Å². The summed E-state index contributed by atoms with van der Waals surface area (Å²) in [6.45, 7) is 3.45. The zero-order valence-electron chi connectivity index (χ0n) is 10.4. The molecule has 0 aliphatic heterocycles. The van der Waals surface area contributed by atoms with Crippen molar-refractivity contribution in [1.82, 2.24) is 15.1 Å². The van der Waals surface area contributed by atoms with Crippen molar-refractivity contribution in [3.63, 3.8) is 0 Å². The van der Waals surface area contributed by atoms with Crippen LogP contribution >= 0.6 is 23.2 Å². The quantitative estimate of drug-likeness (QED) is 0.933. The molecule has 0 spiro atoms. The van der Waals surface area contributed by atoms with E-state index < -0.39 is 0 Å². The largest absolute Gasteiger partial charge is 0.316 e. The first-order valence-corrected chi connectivity index (χ1v) is 6.48. The van der Waals surface area contributed by atoms with Gasteiger partial charge in [0.15, 0.2) is 0 Å². The van der Waals surface area contributed by atoms with Crippen molar-refractivity contribution >= 4 is 23.2 Å². The molecule has 0 unspecified atom stereocenters. The second-order valence-electron chi connectivity index (χ2n) is 4.18. The smallest absolute Gasteiger partial charge is 0.0674 e. The van der Waals surface area contributed by atoms with Gasteiger partial charge in [-0.05, 0) is 25.6 Å². The van der Waals surface area contributed by atoms with Gasteiger partial charge >= 0.3 is 0 Å². The van der Waals surface area contributed by atoms with Gasteiger partial charge in [0.1, 0.15) is 0 Å². The molecule has 0 saturated carbocycles. The van der Waals surface area contributed by atoms with Crippen LogP contribution in [0.1, 0.15) is 16.8 Å². The predicted molar refractivity (Wildman–Crippen MR) is 75.3 cm³/mol. The Morgan fingerprint density at radius 1 is 1.28 bits per heavy atom. The summed E-state index contributed by atoms with van der Waals surface area (Å²) in [7, 11) is 1.92. The van der Waals surface area contributed by atoms with Gasteiger partial charge in [0, 0.05) is 18.3 Å². The van der Waals surface area contributed by atoms with Gasteiger partial charge in [0.25, 0.3) is 0 Å². The van der Waals surface area contributed by atoms with E-state index in [0.717, 1.165) is 17.8 Å². The maximum absolute atomic E-state index is 6.17. The second kappa shape index (κ2) is 5.74. The Morgan fingerprint density at radius 3 is 2.78 bits per heavy atom. The average Bonchev–Trinajstić information content (AvgIpc) is 2.66. The minimum absolute atomic E-state index is 0.577. The van der Waals surface area contributed by atoms with E-state index in [1.165, 1.54) is 5.56 Å². The van der Waals surface area contributed by atoms with Crippen LogP contribution in [0.4, 0.5) is 0 Å². The highest BCUT2D eigenvalue weighted by Gasteiger charge is 2.08. The summed E-state index contributed by atoms with van der Waals surface area (Å²) in [4.78, 5) is 0. The normalized spacial score (nSPS) is 10.9. The molecule has 0 atom stereocenters. The van der Waals surface area contributed by atoms with Crippen molar-refractivity contribution in [3.05, 3.63) is 51.3 Å². The fourth-order valence-corrected chi connectivity index (χ4v) is 2.23. The van der Waals surface area contributed by atoms with Gasteiger partial charge in [0.05, 0.1) is 22.3 Å². The Hall–Kier alpha value is -1.03. The van der Waals surface area contributed by atoms with Crippen LogP contribution in [0, 0.1) is 6.92 Å². The predicted octanol–water partition coefficient (Wildman–Crippen LogP) is 3.27. The van der Waals surface area contributed by atoms with Gasteiger partial charge in [-0.2, -0.15) is 5.10 Å². The highest BCUT2D eigenvalue weighted by atomic mass is 35.5. The molecule has 0 aliphatic rings. The number of benzene rings is 1. The molecule has 0 aliphatic carbocycles. The Kier molecular flexibility index (Phi) is 4.27. The van der Waals surface area contributed by atoms with Crippen LogP contribution in [-0.4, -0.2) is 16.8 Å². The van der Waals surface area contributed by atoms with Crippen molar-refractivity contribution in [2.24, 2.45) is 0 Å². The van der Waals surface area contributed by atoms with Crippen molar-refractivity contribution in [2.45, 2.75) is 20.0 Å². The van der Waals surface area contributed by atoms with Gasteiger partial charge in [-0.3, -0.25) is 4.68 Å². The summed E-state index contributed by atoms with van der Waals surface area (Å²) in [5.41, 5.74) is 3.20. The van der Waals surface area contributed by atoms with Crippen molar-refractivity contribution in [2.75, 3.05) is 7.05 Å². The van der Waals surface area contributed by atoms with Gasteiger partial charge in [-0.1, -0.05) is 35.3 Å². The summed E-state index contributed by atoms with van der Waals surface area (Å²) in [5.74, 6) is 0. The van der Waals surface area contributed by atoms with E-state index in [9.17, 15) is 0 Å². The molecule has 5 heteroatoms. The number of hydrogen-bond donors (Lipinski definition) is 1. The number of halogens is 2. The summed E-state index contributed by atoms with van der Waals surface area (Å²) >= 11 is 12.2. The molecular formula is C13H15Cl2N3. The fourth-order valence-electron chi connectivity index (χ4n) is 1.85. The first-order valence-electron chi connectivity index (χ1n) is 5.72. The molecule has 1 heterocycles. The Bertz CT molecular complexity index is 549. The minimum Gasteiger partial charge on any atom is -0.316 e. The molecule has 2 aromatic rings. The molecule has 0 radical (unpaired) electrons. The molecule has 3 nitrogen and oxygen atoms in total. The third-order valence-corrected chi connectivity index (χ3v) is 3.64. The zero-order valence-corrected chi connectivity index (χ0v) is 11.9. The number of nitrogens with zero attached hydrogens (tertiary/aromatic N) is 2. The first-order chi connectivity index (χ1) is 8.61. The molecular weight excluding hydrogens is 269 g/mol. The highest BCUT2D eigenvalue weighted by molar-refractivity contribution is 6.42. The lowest BCUT2D eigenvalue weighted by Crippen LogP contribution is -2.05. The molecule has 1 aromatic heterocycles. The zero-order chi connectivity index (χ0) is 13.1. The number of aryl methyl sites for hydroxylation is 1. The fraction of sp³-hybridized carbons (Fsp3) is 0.308. The second-order valence-corrected chi connectivity index (χ2v) is 4.97. The summed E-state index contributed by atoms with van der Waals surface area (Å²) in [6, 6.07) is 5.64. The summed E-state index contributed by atoms with van der Waals surface area (Å²) in [6.07, 6.45) is 2.03. The Morgan fingerprint density at radius 2 is 2.06 bits per heavy atom. The molecule has 0 bridgehead atoms.